The molecule has 0 radical (unpaired) electrons. The van der Waals surface area contributed by atoms with Gasteiger partial charge >= 0.3 is 5.97 Å². The number of nitrogens with two attached hydrogens (primary N) is 1. The number of hydrogen-bond donors (Lipinski definition) is 3. The Kier molecular flexibility index (Phi) is 7.23. The highest BCUT2D eigenvalue weighted by molar-refractivity contribution is 7.99. The molecule has 0 fully saturated rings. The van der Waals surface area contributed by atoms with Crippen molar-refractivity contribution in [3.63, 3.8) is 0 Å². The van der Waals surface area contributed by atoms with Crippen molar-refractivity contribution in [3.05, 3.63) is 0 Å². The molecule has 0 aromatic rings. The van der Waals surface area contributed by atoms with E-state index in [0.29, 0.717) is 12.2 Å². The highest BCUT2D eigenvalue weighted by Gasteiger charge is 2.10. The molecular weight excluding hydrogens is 204 g/mol. The average Bonchev–Trinajstić information content (AvgIpc) is 2.16. The van der Waals surface area contributed by atoms with Gasteiger partial charge in [-0.2, -0.15) is 11.8 Å². The van der Waals surface area contributed by atoms with Crippen molar-refractivity contribution in [1.82, 2.24) is 5.32 Å². The zero-order valence-corrected chi connectivity index (χ0v) is 8.97. The molecule has 0 aromatic carbocycles. The Labute approximate surface area is 87.4 Å². The quantitative estimate of drug-likeness (QED) is 0.510. The monoisotopic (exact) mass is 220 g/mol. The number of rotatable bonds is 7. The fourth-order valence-corrected chi connectivity index (χ4v) is 1.65. The topological polar surface area (TPSA) is 92.4 Å². The summed E-state index contributed by atoms with van der Waals surface area (Å²) >= 11 is 1.46. The van der Waals surface area contributed by atoms with Crippen LogP contribution in [-0.4, -0.2) is 41.6 Å². The fourth-order valence-electron chi connectivity index (χ4n) is 0.741. The van der Waals surface area contributed by atoms with Crippen LogP contribution in [0, 0.1) is 0 Å². The number of amides is 1. The minimum atomic E-state index is -0.983. The van der Waals surface area contributed by atoms with Gasteiger partial charge in [0, 0.05) is 19.2 Å². The Morgan fingerprint density at radius 2 is 2.21 bits per heavy atom. The van der Waals surface area contributed by atoms with Gasteiger partial charge in [0.15, 0.2) is 0 Å². The van der Waals surface area contributed by atoms with Gasteiger partial charge in [0.2, 0.25) is 5.91 Å². The van der Waals surface area contributed by atoms with Crippen LogP contribution >= 0.6 is 11.8 Å². The minimum absolute atomic E-state index is 0.00753. The van der Waals surface area contributed by atoms with E-state index in [4.69, 9.17) is 10.8 Å². The molecule has 0 rings (SSSR count). The summed E-state index contributed by atoms with van der Waals surface area (Å²) in [5.41, 5.74) is 5.29. The molecule has 0 bridgehead atoms. The maximum Gasteiger partial charge on any atom is 0.321 e. The van der Waals surface area contributed by atoms with Crippen LogP contribution < -0.4 is 11.1 Å². The molecule has 0 aliphatic rings. The summed E-state index contributed by atoms with van der Waals surface area (Å²) in [6, 6.07) is -0.806. The number of carboxylic acid groups (broad SMARTS) is 1. The lowest BCUT2D eigenvalue weighted by Gasteiger charge is -2.05. The van der Waals surface area contributed by atoms with E-state index in [1.54, 1.807) is 7.05 Å². The Balaban J connectivity index is 3.30. The SMILES string of the molecule is CNC(=O)CCCSC[C@@H](N)C(=O)O. The summed E-state index contributed by atoms with van der Waals surface area (Å²) in [6.45, 7) is 0. The average molecular weight is 220 g/mol. The van der Waals surface area contributed by atoms with Crippen LogP contribution in [0.3, 0.4) is 0 Å². The Morgan fingerprint density at radius 3 is 2.71 bits per heavy atom. The first-order valence-electron chi connectivity index (χ1n) is 4.34. The van der Waals surface area contributed by atoms with E-state index in [1.807, 2.05) is 0 Å². The highest BCUT2D eigenvalue weighted by atomic mass is 32.2. The third-order valence-electron chi connectivity index (χ3n) is 1.59. The molecule has 0 saturated heterocycles. The van der Waals surface area contributed by atoms with Crippen molar-refractivity contribution in [2.24, 2.45) is 5.73 Å². The molecule has 0 aliphatic carbocycles. The lowest BCUT2D eigenvalue weighted by Crippen LogP contribution is -2.32. The first-order chi connectivity index (χ1) is 6.57. The number of aliphatic carboxylic acids is 1. The van der Waals surface area contributed by atoms with Gasteiger partial charge in [0.25, 0.3) is 0 Å². The van der Waals surface area contributed by atoms with Crippen LogP contribution in [0.1, 0.15) is 12.8 Å². The predicted molar refractivity (Wildman–Crippen MR) is 56.2 cm³/mol. The Hall–Kier alpha value is -0.750. The molecule has 0 saturated carbocycles. The number of thioether (sulfide) groups is 1. The lowest BCUT2D eigenvalue weighted by molar-refractivity contribution is -0.137. The molecule has 0 aliphatic heterocycles. The van der Waals surface area contributed by atoms with Gasteiger partial charge in [-0.05, 0) is 12.2 Å². The van der Waals surface area contributed by atoms with Crippen LogP contribution in [0.4, 0.5) is 0 Å². The van der Waals surface area contributed by atoms with Crippen molar-refractivity contribution in [1.29, 1.82) is 0 Å². The molecule has 6 heteroatoms. The summed E-state index contributed by atoms with van der Waals surface area (Å²) in [7, 11) is 1.59. The Bertz CT molecular complexity index is 199. The number of nitrogens with one attached hydrogen (secondary N) is 1. The number of hydrogen-bond acceptors (Lipinski definition) is 4. The zero-order chi connectivity index (χ0) is 11.0. The maximum absolute atomic E-state index is 10.8. The molecule has 14 heavy (non-hydrogen) atoms. The minimum Gasteiger partial charge on any atom is -0.480 e. The van der Waals surface area contributed by atoms with Gasteiger partial charge < -0.3 is 16.2 Å². The summed E-state index contributed by atoms with van der Waals surface area (Å²) in [5.74, 6) is 0.175. The standard InChI is InChI=1S/C8H16N2O3S/c1-10-7(11)3-2-4-14-5-6(9)8(12)13/h6H,2-5,9H2,1H3,(H,10,11)(H,12,13)/t6-/m1/s1. The van der Waals surface area contributed by atoms with E-state index in [9.17, 15) is 9.59 Å². The molecule has 0 heterocycles. The molecular formula is C8H16N2O3S. The number of carboxylic acids is 1. The van der Waals surface area contributed by atoms with E-state index < -0.39 is 12.0 Å². The van der Waals surface area contributed by atoms with Crippen molar-refractivity contribution in [2.75, 3.05) is 18.6 Å². The van der Waals surface area contributed by atoms with Gasteiger partial charge in [-0.3, -0.25) is 9.59 Å². The molecule has 0 aromatic heterocycles. The van der Waals surface area contributed by atoms with E-state index in [2.05, 4.69) is 5.32 Å². The molecule has 82 valence electrons. The molecule has 5 nitrogen and oxygen atoms in total. The van der Waals surface area contributed by atoms with E-state index in [-0.39, 0.29) is 5.91 Å². The van der Waals surface area contributed by atoms with Crippen molar-refractivity contribution < 1.29 is 14.7 Å². The van der Waals surface area contributed by atoms with Gasteiger partial charge in [0.05, 0.1) is 0 Å². The summed E-state index contributed by atoms with van der Waals surface area (Å²) in [4.78, 5) is 21.1. The van der Waals surface area contributed by atoms with Gasteiger partial charge in [-0.15, -0.1) is 0 Å². The normalized spacial score (nSPS) is 12.1. The lowest BCUT2D eigenvalue weighted by atomic mass is 10.3. The zero-order valence-electron chi connectivity index (χ0n) is 8.16. The molecule has 4 N–H and O–H groups in total. The fraction of sp³-hybridized carbons (Fsp3) is 0.750. The van der Waals surface area contributed by atoms with Crippen molar-refractivity contribution >= 4 is 23.6 Å². The predicted octanol–water partition coefficient (Wildman–Crippen LogP) is -0.342. The smallest absolute Gasteiger partial charge is 0.321 e. The second-order valence-corrected chi connectivity index (χ2v) is 3.95. The molecule has 0 unspecified atom stereocenters. The third-order valence-corrected chi connectivity index (χ3v) is 2.76. The van der Waals surface area contributed by atoms with Crippen LogP contribution in [0.5, 0.6) is 0 Å². The number of carbonyl (C=O) groups excluding carboxylic acids is 1. The van der Waals surface area contributed by atoms with Gasteiger partial charge in [0.1, 0.15) is 6.04 Å². The molecule has 1 amide bonds. The summed E-state index contributed by atoms with van der Waals surface area (Å²) in [6.07, 6.45) is 1.22. The first kappa shape index (κ1) is 13.2. The maximum atomic E-state index is 10.8. The van der Waals surface area contributed by atoms with E-state index in [0.717, 1.165) is 12.2 Å². The third kappa shape index (κ3) is 6.73. The summed E-state index contributed by atoms with van der Waals surface area (Å²) in [5, 5.41) is 11.0. The van der Waals surface area contributed by atoms with E-state index in [1.165, 1.54) is 11.8 Å². The molecule has 1 atom stereocenters. The van der Waals surface area contributed by atoms with Crippen LogP contribution in [0.2, 0.25) is 0 Å². The van der Waals surface area contributed by atoms with Crippen molar-refractivity contribution in [3.8, 4) is 0 Å². The largest absolute Gasteiger partial charge is 0.480 e. The first-order valence-corrected chi connectivity index (χ1v) is 5.50. The van der Waals surface area contributed by atoms with Gasteiger partial charge in [-0.25, -0.2) is 0 Å². The van der Waals surface area contributed by atoms with Crippen LogP contribution in [0.25, 0.3) is 0 Å². The van der Waals surface area contributed by atoms with E-state index >= 15 is 0 Å². The van der Waals surface area contributed by atoms with Crippen LogP contribution in [-0.2, 0) is 9.59 Å². The van der Waals surface area contributed by atoms with Crippen LogP contribution in [0.15, 0.2) is 0 Å². The molecule has 0 spiro atoms. The van der Waals surface area contributed by atoms with Crippen molar-refractivity contribution in [2.45, 2.75) is 18.9 Å². The number of carbonyl (C=O) groups is 2. The second kappa shape index (κ2) is 7.64. The Morgan fingerprint density at radius 1 is 1.57 bits per heavy atom. The highest BCUT2D eigenvalue weighted by Crippen LogP contribution is 2.05. The second-order valence-electron chi connectivity index (χ2n) is 2.80. The summed E-state index contributed by atoms with van der Waals surface area (Å²) < 4.78 is 0. The van der Waals surface area contributed by atoms with Gasteiger partial charge in [-0.1, -0.05) is 0 Å².